The number of benzene rings is 1. The predicted molar refractivity (Wildman–Crippen MR) is 64.4 cm³/mol. The summed E-state index contributed by atoms with van der Waals surface area (Å²) in [5, 5.41) is 0.555. The number of halogens is 1. The highest BCUT2D eigenvalue weighted by Crippen LogP contribution is 2.29. The lowest BCUT2D eigenvalue weighted by atomic mass is 10.3. The molecule has 0 radical (unpaired) electrons. The zero-order chi connectivity index (χ0) is 11.8. The van der Waals surface area contributed by atoms with Crippen molar-refractivity contribution in [3.05, 3.63) is 23.2 Å². The standard InChI is InChI=1S/C12H17ClO3/c1-3-4-7-15-10-5-6-11(13)12(8-10)16-9-14-2/h5-6,8H,3-4,7,9H2,1-2H3. The van der Waals surface area contributed by atoms with Crippen molar-refractivity contribution >= 4 is 11.6 Å². The van der Waals surface area contributed by atoms with Gasteiger partial charge in [0, 0.05) is 13.2 Å². The third-order valence-electron chi connectivity index (χ3n) is 2.00. The third-order valence-corrected chi connectivity index (χ3v) is 2.31. The number of rotatable bonds is 7. The summed E-state index contributed by atoms with van der Waals surface area (Å²) in [6.45, 7) is 3.01. The lowest BCUT2D eigenvalue weighted by molar-refractivity contribution is 0.0510. The van der Waals surface area contributed by atoms with Gasteiger partial charge in [0.2, 0.25) is 0 Å². The molecule has 0 fully saturated rings. The molecule has 1 rings (SSSR count). The molecule has 16 heavy (non-hydrogen) atoms. The summed E-state index contributed by atoms with van der Waals surface area (Å²) < 4.78 is 15.7. The van der Waals surface area contributed by atoms with Gasteiger partial charge in [-0.1, -0.05) is 24.9 Å². The zero-order valence-corrected chi connectivity index (χ0v) is 10.4. The van der Waals surface area contributed by atoms with Gasteiger partial charge in [-0.2, -0.15) is 0 Å². The molecule has 0 atom stereocenters. The summed E-state index contributed by atoms with van der Waals surface area (Å²) >= 11 is 5.96. The minimum Gasteiger partial charge on any atom is -0.493 e. The summed E-state index contributed by atoms with van der Waals surface area (Å²) in [5.41, 5.74) is 0. The van der Waals surface area contributed by atoms with Gasteiger partial charge in [-0.25, -0.2) is 0 Å². The molecule has 1 aromatic carbocycles. The molecule has 0 aliphatic rings. The van der Waals surface area contributed by atoms with Crippen LogP contribution >= 0.6 is 11.6 Å². The number of unbranched alkanes of at least 4 members (excludes halogenated alkanes) is 1. The molecule has 4 heteroatoms. The van der Waals surface area contributed by atoms with Gasteiger partial charge in [0.05, 0.1) is 11.6 Å². The van der Waals surface area contributed by atoms with E-state index in [0.717, 1.165) is 18.6 Å². The van der Waals surface area contributed by atoms with Crippen LogP contribution in [0.3, 0.4) is 0 Å². The Bertz CT molecular complexity index is 315. The average molecular weight is 245 g/mol. The summed E-state index contributed by atoms with van der Waals surface area (Å²) in [5.74, 6) is 1.35. The van der Waals surface area contributed by atoms with E-state index in [-0.39, 0.29) is 6.79 Å². The molecule has 3 nitrogen and oxygen atoms in total. The van der Waals surface area contributed by atoms with Crippen LogP contribution in [0.1, 0.15) is 19.8 Å². The minimum absolute atomic E-state index is 0.179. The topological polar surface area (TPSA) is 27.7 Å². The van der Waals surface area contributed by atoms with E-state index in [0.29, 0.717) is 17.4 Å². The Morgan fingerprint density at radius 2 is 2.06 bits per heavy atom. The van der Waals surface area contributed by atoms with E-state index >= 15 is 0 Å². The average Bonchev–Trinajstić information content (AvgIpc) is 2.30. The van der Waals surface area contributed by atoms with Crippen molar-refractivity contribution in [2.45, 2.75) is 19.8 Å². The van der Waals surface area contributed by atoms with E-state index in [4.69, 9.17) is 25.8 Å². The molecule has 0 heterocycles. The van der Waals surface area contributed by atoms with E-state index in [1.807, 2.05) is 6.07 Å². The number of methoxy groups -OCH3 is 1. The van der Waals surface area contributed by atoms with Crippen LogP contribution in [0.25, 0.3) is 0 Å². The van der Waals surface area contributed by atoms with Gasteiger partial charge in [-0.3, -0.25) is 0 Å². The van der Waals surface area contributed by atoms with Gasteiger partial charge in [0.15, 0.2) is 6.79 Å². The zero-order valence-electron chi connectivity index (χ0n) is 9.66. The maximum Gasteiger partial charge on any atom is 0.188 e. The Hall–Kier alpha value is -0.930. The molecule has 0 saturated carbocycles. The van der Waals surface area contributed by atoms with Crippen molar-refractivity contribution in [3.63, 3.8) is 0 Å². The van der Waals surface area contributed by atoms with E-state index in [1.54, 1.807) is 19.2 Å². The molecule has 0 saturated heterocycles. The van der Waals surface area contributed by atoms with Gasteiger partial charge in [0.25, 0.3) is 0 Å². The fourth-order valence-electron chi connectivity index (χ4n) is 1.14. The number of hydrogen-bond donors (Lipinski definition) is 0. The van der Waals surface area contributed by atoms with Crippen LogP contribution in [0.5, 0.6) is 11.5 Å². The van der Waals surface area contributed by atoms with Gasteiger partial charge in [0.1, 0.15) is 11.5 Å². The van der Waals surface area contributed by atoms with Crippen LogP contribution in [-0.2, 0) is 4.74 Å². The van der Waals surface area contributed by atoms with Crippen LogP contribution in [0.15, 0.2) is 18.2 Å². The molecule has 0 amide bonds. The maximum absolute atomic E-state index is 5.96. The molecule has 0 bridgehead atoms. The number of hydrogen-bond acceptors (Lipinski definition) is 3. The van der Waals surface area contributed by atoms with Crippen molar-refractivity contribution in [1.82, 2.24) is 0 Å². The van der Waals surface area contributed by atoms with E-state index in [2.05, 4.69) is 6.92 Å². The first-order valence-electron chi connectivity index (χ1n) is 5.32. The Morgan fingerprint density at radius 1 is 1.25 bits per heavy atom. The normalized spacial score (nSPS) is 10.2. The first-order valence-corrected chi connectivity index (χ1v) is 5.69. The van der Waals surface area contributed by atoms with Crippen molar-refractivity contribution in [2.24, 2.45) is 0 Å². The molecule has 0 spiro atoms. The smallest absolute Gasteiger partial charge is 0.188 e. The Labute approximate surface area is 101 Å². The van der Waals surface area contributed by atoms with Crippen LogP contribution in [0, 0.1) is 0 Å². The van der Waals surface area contributed by atoms with E-state index in [9.17, 15) is 0 Å². The summed E-state index contributed by atoms with van der Waals surface area (Å²) in [7, 11) is 1.56. The van der Waals surface area contributed by atoms with Crippen LogP contribution < -0.4 is 9.47 Å². The molecule has 90 valence electrons. The summed E-state index contributed by atoms with van der Waals surface area (Å²) in [6.07, 6.45) is 2.15. The maximum atomic E-state index is 5.96. The second-order valence-electron chi connectivity index (χ2n) is 3.35. The summed E-state index contributed by atoms with van der Waals surface area (Å²) in [4.78, 5) is 0. The second kappa shape index (κ2) is 7.36. The fourth-order valence-corrected chi connectivity index (χ4v) is 1.31. The molecular weight excluding hydrogens is 228 g/mol. The molecule has 1 aromatic rings. The quantitative estimate of drug-likeness (QED) is 0.543. The lowest BCUT2D eigenvalue weighted by Crippen LogP contribution is -2.01. The molecule has 0 aromatic heterocycles. The molecule has 0 aliphatic heterocycles. The highest BCUT2D eigenvalue weighted by molar-refractivity contribution is 6.32. The minimum atomic E-state index is 0.179. The Morgan fingerprint density at radius 3 is 2.75 bits per heavy atom. The predicted octanol–water partition coefficient (Wildman–Crippen LogP) is 3.50. The van der Waals surface area contributed by atoms with E-state index < -0.39 is 0 Å². The lowest BCUT2D eigenvalue weighted by Gasteiger charge is -2.10. The monoisotopic (exact) mass is 244 g/mol. The van der Waals surface area contributed by atoms with Crippen LogP contribution in [0.4, 0.5) is 0 Å². The Balaban J connectivity index is 2.58. The molecule has 0 unspecified atom stereocenters. The molecular formula is C12H17ClO3. The van der Waals surface area contributed by atoms with Crippen LogP contribution in [-0.4, -0.2) is 20.5 Å². The number of ether oxygens (including phenoxy) is 3. The largest absolute Gasteiger partial charge is 0.493 e. The SMILES string of the molecule is CCCCOc1ccc(Cl)c(OCOC)c1. The van der Waals surface area contributed by atoms with Crippen molar-refractivity contribution < 1.29 is 14.2 Å². The first-order chi connectivity index (χ1) is 7.77. The van der Waals surface area contributed by atoms with Crippen molar-refractivity contribution in [1.29, 1.82) is 0 Å². The first kappa shape index (κ1) is 13.1. The fraction of sp³-hybridized carbons (Fsp3) is 0.500. The van der Waals surface area contributed by atoms with Gasteiger partial charge in [-0.05, 0) is 18.6 Å². The van der Waals surface area contributed by atoms with Gasteiger partial charge >= 0.3 is 0 Å². The Kier molecular flexibility index (Phi) is 6.04. The van der Waals surface area contributed by atoms with Gasteiger partial charge in [-0.15, -0.1) is 0 Å². The second-order valence-corrected chi connectivity index (χ2v) is 3.75. The van der Waals surface area contributed by atoms with Crippen LogP contribution in [0.2, 0.25) is 5.02 Å². The highest BCUT2D eigenvalue weighted by atomic mass is 35.5. The van der Waals surface area contributed by atoms with Crippen molar-refractivity contribution in [3.8, 4) is 11.5 Å². The third kappa shape index (κ3) is 4.29. The molecule has 0 aliphatic carbocycles. The van der Waals surface area contributed by atoms with Gasteiger partial charge < -0.3 is 14.2 Å². The molecule has 0 N–H and O–H groups in total. The highest BCUT2D eigenvalue weighted by Gasteiger charge is 2.03. The summed E-state index contributed by atoms with van der Waals surface area (Å²) in [6, 6.07) is 5.36. The van der Waals surface area contributed by atoms with E-state index in [1.165, 1.54) is 0 Å². The van der Waals surface area contributed by atoms with Crippen molar-refractivity contribution in [2.75, 3.05) is 20.5 Å².